The van der Waals surface area contributed by atoms with E-state index in [2.05, 4.69) is 15.5 Å². The van der Waals surface area contributed by atoms with Crippen LogP contribution in [0.3, 0.4) is 0 Å². The second-order valence-corrected chi connectivity index (χ2v) is 6.58. The smallest absolute Gasteiger partial charge is 0.325 e. The van der Waals surface area contributed by atoms with E-state index < -0.39 is 33.9 Å². The number of amides is 1. The standard InChI is InChI=1S/C17H12F3N5O3S/c18-17(19,20)13-8-12(25(27)28)6-7-14(13)22-15(26)9-29-16-23-21-10-24(16)11-4-2-1-3-5-11/h1-8,10H,9H2,(H,22,26). The number of nitrogens with zero attached hydrogens (tertiary/aromatic N) is 4. The molecule has 1 amide bonds. The van der Waals surface area contributed by atoms with Crippen LogP contribution in [0.5, 0.6) is 0 Å². The highest BCUT2D eigenvalue weighted by atomic mass is 32.2. The number of hydrogen-bond donors (Lipinski definition) is 1. The summed E-state index contributed by atoms with van der Waals surface area (Å²) in [7, 11) is 0. The molecule has 1 N–H and O–H groups in total. The van der Waals surface area contributed by atoms with Crippen molar-refractivity contribution in [1.29, 1.82) is 0 Å². The van der Waals surface area contributed by atoms with Crippen molar-refractivity contribution in [2.24, 2.45) is 0 Å². The van der Waals surface area contributed by atoms with Gasteiger partial charge in [-0.15, -0.1) is 10.2 Å². The van der Waals surface area contributed by atoms with Gasteiger partial charge in [0, 0.05) is 17.8 Å². The number of para-hydroxylation sites is 1. The monoisotopic (exact) mass is 423 g/mol. The lowest BCUT2D eigenvalue weighted by atomic mass is 10.1. The highest BCUT2D eigenvalue weighted by Crippen LogP contribution is 2.37. The van der Waals surface area contributed by atoms with Crippen LogP contribution in [0, 0.1) is 10.1 Å². The van der Waals surface area contributed by atoms with Gasteiger partial charge in [0.05, 0.1) is 21.9 Å². The summed E-state index contributed by atoms with van der Waals surface area (Å²) >= 11 is 0.985. The van der Waals surface area contributed by atoms with E-state index in [1.54, 1.807) is 16.7 Å². The number of aromatic nitrogens is 3. The van der Waals surface area contributed by atoms with E-state index in [1.165, 1.54) is 6.33 Å². The summed E-state index contributed by atoms with van der Waals surface area (Å²) < 4.78 is 41.2. The van der Waals surface area contributed by atoms with E-state index in [9.17, 15) is 28.1 Å². The van der Waals surface area contributed by atoms with Crippen LogP contribution in [0.2, 0.25) is 0 Å². The van der Waals surface area contributed by atoms with Crippen molar-refractivity contribution in [1.82, 2.24) is 14.8 Å². The quantitative estimate of drug-likeness (QED) is 0.366. The van der Waals surface area contributed by atoms with Crippen molar-refractivity contribution in [2.75, 3.05) is 11.1 Å². The third-order valence-corrected chi connectivity index (χ3v) is 4.62. The molecule has 0 bridgehead atoms. The van der Waals surface area contributed by atoms with E-state index in [-0.39, 0.29) is 5.75 Å². The Morgan fingerprint density at radius 2 is 1.93 bits per heavy atom. The molecule has 0 unspecified atom stereocenters. The van der Waals surface area contributed by atoms with Crippen molar-refractivity contribution in [3.05, 3.63) is 70.5 Å². The Labute approximate surface area is 165 Å². The number of nitro groups is 1. The summed E-state index contributed by atoms with van der Waals surface area (Å²) in [5.41, 5.74) is -1.81. The lowest BCUT2D eigenvalue weighted by Crippen LogP contribution is -2.18. The maximum atomic E-state index is 13.2. The van der Waals surface area contributed by atoms with Crippen molar-refractivity contribution >= 4 is 29.0 Å². The number of hydrogen-bond acceptors (Lipinski definition) is 6. The van der Waals surface area contributed by atoms with E-state index >= 15 is 0 Å². The zero-order valence-electron chi connectivity index (χ0n) is 14.5. The van der Waals surface area contributed by atoms with Crippen LogP contribution in [0.25, 0.3) is 5.69 Å². The first-order valence-electron chi connectivity index (χ1n) is 7.99. The third kappa shape index (κ3) is 4.90. The molecule has 0 aliphatic carbocycles. The van der Waals surface area contributed by atoms with Gasteiger partial charge < -0.3 is 5.32 Å². The van der Waals surface area contributed by atoms with E-state index in [0.717, 1.165) is 29.6 Å². The van der Waals surface area contributed by atoms with Crippen molar-refractivity contribution in [2.45, 2.75) is 11.3 Å². The van der Waals surface area contributed by atoms with Gasteiger partial charge in [-0.3, -0.25) is 19.5 Å². The van der Waals surface area contributed by atoms with Crippen LogP contribution < -0.4 is 5.32 Å². The van der Waals surface area contributed by atoms with Gasteiger partial charge in [-0.25, -0.2) is 0 Å². The number of thioether (sulfide) groups is 1. The number of carbonyl (C=O) groups is 1. The molecule has 0 saturated heterocycles. The van der Waals surface area contributed by atoms with Crippen LogP contribution in [0.1, 0.15) is 5.56 Å². The van der Waals surface area contributed by atoms with E-state index in [4.69, 9.17) is 0 Å². The number of nitro benzene ring substituents is 1. The molecule has 0 atom stereocenters. The number of anilines is 1. The number of benzene rings is 2. The molecular weight excluding hydrogens is 411 g/mol. The van der Waals surface area contributed by atoms with Gasteiger partial charge in [-0.05, 0) is 18.2 Å². The number of nitrogens with one attached hydrogen (secondary N) is 1. The molecule has 150 valence electrons. The molecule has 0 fully saturated rings. The predicted octanol–water partition coefficient (Wildman–Crippen LogP) is 3.93. The molecule has 1 heterocycles. The average molecular weight is 423 g/mol. The second-order valence-electron chi connectivity index (χ2n) is 5.64. The van der Waals surface area contributed by atoms with Gasteiger partial charge in [0.15, 0.2) is 5.16 Å². The second kappa shape index (κ2) is 8.31. The van der Waals surface area contributed by atoms with Gasteiger partial charge in [0.25, 0.3) is 5.69 Å². The molecule has 2 aromatic carbocycles. The summed E-state index contributed by atoms with van der Waals surface area (Å²) in [4.78, 5) is 22.0. The highest BCUT2D eigenvalue weighted by Gasteiger charge is 2.35. The Morgan fingerprint density at radius 3 is 2.59 bits per heavy atom. The first-order valence-corrected chi connectivity index (χ1v) is 8.98. The number of alkyl halides is 3. The lowest BCUT2D eigenvalue weighted by molar-refractivity contribution is -0.385. The Hall–Kier alpha value is -3.41. The maximum Gasteiger partial charge on any atom is 0.418 e. The van der Waals surface area contributed by atoms with Crippen LogP contribution >= 0.6 is 11.8 Å². The average Bonchev–Trinajstić information content (AvgIpc) is 3.15. The van der Waals surface area contributed by atoms with Gasteiger partial charge in [0.1, 0.15) is 6.33 Å². The zero-order chi connectivity index (χ0) is 21.0. The van der Waals surface area contributed by atoms with Gasteiger partial charge in [-0.1, -0.05) is 30.0 Å². The Balaban J connectivity index is 1.73. The molecule has 1 aromatic heterocycles. The maximum absolute atomic E-state index is 13.2. The summed E-state index contributed by atoms with van der Waals surface area (Å²) in [6.45, 7) is 0. The molecule has 29 heavy (non-hydrogen) atoms. The summed E-state index contributed by atoms with van der Waals surface area (Å²) in [6.07, 6.45) is -3.41. The molecule has 0 aliphatic heterocycles. The van der Waals surface area contributed by atoms with Crippen LogP contribution in [0.15, 0.2) is 60.0 Å². The number of non-ortho nitro benzene ring substituents is 1. The van der Waals surface area contributed by atoms with Crippen molar-refractivity contribution in [3.63, 3.8) is 0 Å². The minimum absolute atomic E-state index is 0.236. The first kappa shape index (κ1) is 20.3. The largest absolute Gasteiger partial charge is 0.418 e. The first-order chi connectivity index (χ1) is 13.8. The topological polar surface area (TPSA) is 103 Å². The lowest BCUT2D eigenvalue weighted by Gasteiger charge is -2.13. The molecule has 8 nitrogen and oxygen atoms in total. The van der Waals surface area contributed by atoms with Gasteiger partial charge in [0.2, 0.25) is 5.91 Å². The fourth-order valence-corrected chi connectivity index (χ4v) is 3.12. The summed E-state index contributed by atoms with van der Waals surface area (Å²) in [5, 5.41) is 20.9. The van der Waals surface area contributed by atoms with Gasteiger partial charge in [-0.2, -0.15) is 13.2 Å². The van der Waals surface area contributed by atoms with Crippen molar-refractivity contribution in [3.8, 4) is 5.69 Å². The minimum Gasteiger partial charge on any atom is -0.325 e. The number of rotatable bonds is 6. The van der Waals surface area contributed by atoms with Gasteiger partial charge >= 0.3 is 6.18 Å². The van der Waals surface area contributed by atoms with Crippen LogP contribution in [0.4, 0.5) is 24.5 Å². The van der Waals surface area contributed by atoms with Crippen molar-refractivity contribution < 1.29 is 22.9 Å². The number of halogens is 3. The SMILES string of the molecule is O=C(CSc1nncn1-c1ccccc1)Nc1ccc([N+](=O)[O-])cc1C(F)(F)F. The Kier molecular flexibility index (Phi) is 5.82. The summed E-state index contributed by atoms with van der Waals surface area (Å²) in [5.74, 6) is -0.961. The fourth-order valence-electron chi connectivity index (χ4n) is 2.39. The minimum atomic E-state index is -4.87. The molecule has 3 aromatic rings. The Morgan fingerprint density at radius 1 is 1.21 bits per heavy atom. The molecule has 0 spiro atoms. The third-order valence-electron chi connectivity index (χ3n) is 3.68. The summed E-state index contributed by atoms with van der Waals surface area (Å²) in [6, 6.07) is 11.2. The molecule has 0 radical (unpaired) electrons. The predicted molar refractivity (Wildman–Crippen MR) is 98.8 cm³/mol. The fraction of sp³-hybridized carbons (Fsp3) is 0.118. The number of carbonyl (C=O) groups excluding carboxylic acids is 1. The highest BCUT2D eigenvalue weighted by molar-refractivity contribution is 7.99. The molecule has 12 heteroatoms. The van der Waals surface area contributed by atoms with E-state index in [0.29, 0.717) is 11.2 Å². The molecular formula is C17H12F3N5O3S. The van der Waals surface area contributed by atoms with Crippen LogP contribution in [-0.2, 0) is 11.0 Å². The normalized spacial score (nSPS) is 11.3. The Bertz CT molecular complexity index is 1040. The molecule has 0 aliphatic rings. The van der Waals surface area contributed by atoms with Crippen LogP contribution in [-0.4, -0.2) is 31.3 Å². The molecule has 3 rings (SSSR count). The molecule has 0 saturated carbocycles. The van der Waals surface area contributed by atoms with E-state index in [1.807, 2.05) is 18.2 Å². The zero-order valence-corrected chi connectivity index (χ0v) is 15.3.